The number of rotatable bonds is 5. The first-order chi connectivity index (χ1) is 16.1. The third-order valence-electron chi connectivity index (χ3n) is 3.63. The van der Waals surface area contributed by atoms with Crippen molar-refractivity contribution in [3.63, 3.8) is 0 Å². The van der Waals surface area contributed by atoms with Crippen LogP contribution in [-0.4, -0.2) is 9.97 Å². The first-order valence-electron chi connectivity index (χ1n) is 11.2. The van der Waals surface area contributed by atoms with Gasteiger partial charge in [0.05, 0.1) is 25.9 Å². The van der Waals surface area contributed by atoms with Crippen LogP contribution in [0.5, 0.6) is 0 Å². The summed E-state index contributed by atoms with van der Waals surface area (Å²) in [6, 6.07) is 5.76. The number of hydrogen-bond donors (Lipinski definition) is 2. The Hall–Kier alpha value is -4.16. The summed E-state index contributed by atoms with van der Waals surface area (Å²) in [7, 11) is 0. The molecule has 0 spiro atoms. The second kappa shape index (κ2) is 8.48. The molecule has 0 radical (unpaired) electrons. The Morgan fingerprint density at radius 1 is 1.07 bits per heavy atom. The highest BCUT2D eigenvalue weighted by Crippen LogP contribution is 2.26. The molecule has 28 heavy (non-hydrogen) atoms. The number of nitrogens with zero attached hydrogens (tertiary/aromatic N) is 4. The third-order valence-corrected chi connectivity index (χ3v) is 3.63. The summed E-state index contributed by atoms with van der Waals surface area (Å²) in [6.45, 7) is 3.32. The summed E-state index contributed by atoms with van der Waals surface area (Å²) in [5, 5.41) is 23.5. The van der Waals surface area contributed by atoms with Gasteiger partial charge < -0.3 is 10.6 Å². The zero-order valence-electron chi connectivity index (χ0n) is 21.1. The van der Waals surface area contributed by atoms with Crippen molar-refractivity contribution in [1.82, 2.24) is 9.97 Å². The summed E-state index contributed by atoms with van der Waals surface area (Å²) in [4.78, 5) is 8.15. The third kappa shape index (κ3) is 4.51. The van der Waals surface area contributed by atoms with Gasteiger partial charge in [0.25, 0.3) is 0 Å². The van der Waals surface area contributed by atoms with E-state index in [2.05, 4.69) is 20.6 Å². The molecule has 0 aliphatic heterocycles. The maximum atomic E-state index is 9.03. The van der Waals surface area contributed by atoms with Crippen LogP contribution in [0.3, 0.4) is 0 Å². The summed E-state index contributed by atoms with van der Waals surface area (Å²) >= 11 is 0. The van der Waals surface area contributed by atoms with Crippen LogP contribution in [0.1, 0.15) is 30.5 Å². The molecule has 2 N–H and O–H groups in total. The zero-order chi connectivity index (χ0) is 25.2. The second-order valence-corrected chi connectivity index (χ2v) is 5.65. The molecule has 136 valence electrons. The highest BCUT2D eigenvalue weighted by molar-refractivity contribution is 5.69. The van der Waals surface area contributed by atoms with Crippen molar-refractivity contribution in [3.8, 4) is 12.1 Å². The van der Waals surface area contributed by atoms with Crippen molar-refractivity contribution in [1.29, 1.82) is 10.5 Å². The number of anilines is 4. The molecule has 0 fully saturated rings. The Morgan fingerprint density at radius 3 is 2.43 bits per heavy atom. The van der Waals surface area contributed by atoms with Gasteiger partial charge in [0.15, 0.2) is 0 Å². The quantitative estimate of drug-likeness (QED) is 0.612. The van der Waals surface area contributed by atoms with Crippen molar-refractivity contribution >= 4 is 29.2 Å². The number of benzene rings is 2. The normalized spacial score (nSPS) is 13.3. The molecule has 0 aliphatic carbocycles. The molecule has 1 aromatic heterocycles. The Labute approximate surface area is 172 Å². The molecule has 0 amide bonds. The summed E-state index contributed by atoms with van der Waals surface area (Å²) in [5.74, 6) is -0.119. The minimum absolute atomic E-state index is 0.0400. The largest absolute Gasteiger partial charge is 0.340 e. The lowest BCUT2D eigenvalue weighted by Gasteiger charge is -2.14. The zero-order valence-corrected chi connectivity index (χ0v) is 15.1. The molecule has 6 nitrogen and oxygen atoms in total. The summed E-state index contributed by atoms with van der Waals surface area (Å²) in [5.41, 5.74) is 1.79. The fourth-order valence-corrected chi connectivity index (χ4v) is 2.41. The number of hydrogen-bond acceptors (Lipinski definition) is 6. The lowest BCUT2D eigenvalue weighted by Crippen LogP contribution is -2.02. The van der Waals surface area contributed by atoms with E-state index in [1.165, 1.54) is 24.3 Å². The number of aromatic nitrogens is 2. The number of nitrogens with one attached hydrogen (secondary N) is 2. The van der Waals surface area contributed by atoms with Crippen LogP contribution in [0, 0.1) is 36.5 Å². The SMILES string of the molecule is [2H]c1cc(Nc2nc([2H])c([2H])c(Nc3c(C)c([2H])c(/C=C/C#N)c([2H])c3C)n2)cc([2H])c1C#N. The van der Waals surface area contributed by atoms with Crippen molar-refractivity contribution in [3.05, 3.63) is 76.8 Å². The van der Waals surface area contributed by atoms with Gasteiger partial charge in [-0.05, 0) is 79.0 Å². The van der Waals surface area contributed by atoms with E-state index >= 15 is 0 Å². The summed E-state index contributed by atoms with van der Waals surface area (Å²) < 4.78 is 48.7. The highest BCUT2D eigenvalue weighted by Gasteiger charge is 2.07. The van der Waals surface area contributed by atoms with Crippen LogP contribution < -0.4 is 10.6 Å². The Bertz CT molecular complexity index is 1370. The first-order valence-corrected chi connectivity index (χ1v) is 8.16. The standard InChI is InChI=1S/C22H18N6/c1-15-12-18(4-3-10-23)13-16(2)21(15)27-20-9-11-25-22(28-20)26-19-7-5-17(14-24)6-8-19/h3-9,11-13H,1-2H3,(H2,25,26,27,28)/b4-3+/i5D,6D,9D,11D,12D,13D. The lowest BCUT2D eigenvalue weighted by molar-refractivity contribution is 1.16. The monoisotopic (exact) mass is 372 g/mol. The fourth-order valence-electron chi connectivity index (χ4n) is 2.41. The fraction of sp³-hybridized carbons (Fsp3) is 0.0909. The molecule has 6 heteroatoms. The van der Waals surface area contributed by atoms with Crippen LogP contribution in [0.15, 0.2) is 54.6 Å². The van der Waals surface area contributed by atoms with Crippen molar-refractivity contribution in [2.75, 3.05) is 10.6 Å². The van der Waals surface area contributed by atoms with Gasteiger partial charge >= 0.3 is 0 Å². The molecule has 0 bridgehead atoms. The van der Waals surface area contributed by atoms with Crippen LogP contribution in [0.2, 0.25) is 0 Å². The van der Waals surface area contributed by atoms with E-state index < -0.39 is 6.17 Å². The van der Waals surface area contributed by atoms with E-state index in [-0.39, 0.29) is 58.8 Å². The van der Waals surface area contributed by atoms with Crippen LogP contribution in [0.25, 0.3) is 6.08 Å². The van der Waals surface area contributed by atoms with Gasteiger partial charge in [-0.3, -0.25) is 0 Å². The predicted molar refractivity (Wildman–Crippen MR) is 110 cm³/mol. The molecule has 0 unspecified atom stereocenters. The van der Waals surface area contributed by atoms with Gasteiger partial charge in [-0.2, -0.15) is 15.5 Å². The van der Waals surface area contributed by atoms with Crippen LogP contribution in [0.4, 0.5) is 23.1 Å². The molecule has 0 atom stereocenters. The van der Waals surface area contributed by atoms with Gasteiger partial charge in [0.2, 0.25) is 5.95 Å². The van der Waals surface area contributed by atoms with E-state index in [1.54, 1.807) is 19.9 Å². The smallest absolute Gasteiger partial charge is 0.229 e. The van der Waals surface area contributed by atoms with Gasteiger partial charge in [-0.1, -0.05) is 0 Å². The van der Waals surface area contributed by atoms with Crippen molar-refractivity contribution in [2.24, 2.45) is 0 Å². The molecule has 0 aliphatic rings. The molecule has 3 rings (SSSR count). The van der Waals surface area contributed by atoms with Crippen LogP contribution >= 0.6 is 0 Å². The molecular formula is C22H18N6. The molecular weight excluding hydrogens is 348 g/mol. The molecule has 1 heterocycles. The van der Waals surface area contributed by atoms with E-state index in [9.17, 15) is 0 Å². The maximum absolute atomic E-state index is 9.03. The van der Waals surface area contributed by atoms with E-state index in [4.69, 9.17) is 18.7 Å². The van der Waals surface area contributed by atoms with E-state index in [1.807, 2.05) is 6.07 Å². The predicted octanol–water partition coefficient (Wildman–Crippen LogP) is 4.99. The van der Waals surface area contributed by atoms with Gasteiger partial charge in [-0.25, -0.2) is 4.98 Å². The molecule has 3 aromatic rings. The topological polar surface area (TPSA) is 97.4 Å². The average Bonchev–Trinajstić information content (AvgIpc) is 2.78. The highest BCUT2D eigenvalue weighted by atomic mass is 15.1. The minimum Gasteiger partial charge on any atom is -0.340 e. The van der Waals surface area contributed by atoms with Gasteiger partial charge in [0.1, 0.15) is 5.82 Å². The Balaban J connectivity index is 2.04. The summed E-state index contributed by atoms with van der Waals surface area (Å²) in [6.07, 6.45) is 2.20. The van der Waals surface area contributed by atoms with Crippen molar-refractivity contribution < 1.29 is 8.22 Å². The van der Waals surface area contributed by atoms with Gasteiger partial charge in [-0.15, -0.1) is 0 Å². The molecule has 0 saturated heterocycles. The number of nitriles is 2. The second-order valence-electron chi connectivity index (χ2n) is 5.65. The van der Waals surface area contributed by atoms with E-state index in [0.717, 1.165) is 0 Å². The maximum Gasteiger partial charge on any atom is 0.229 e. The minimum atomic E-state index is -0.396. The lowest BCUT2D eigenvalue weighted by atomic mass is 10.0. The van der Waals surface area contributed by atoms with E-state index in [0.29, 0.717) is 16.8 Å². The van der Waals surface area contributed by atoms with Gasteiger partial charge in [0, 0.05) is 23.6 Å². The number of allylic oxidation sites excluding steroid dienone is 1. The van der Waals surface area contributed by atoms with Crippen LogP contribution in [-0.2, 0) is 0 Å². The Kier molecular flexibility index (Phi) is 3.72. The average molecular weight is 372 g/mol. The van der Waals surface area contributed by atoms with Crippen molar-refractivity contribution in [2.45, 2.75) is 13.8 Å². The Morgan fingerprint density at radius 2 is 1.79 bits per heavy atom. The molecule has 2 aromatic carbocycles. The first kappa shape index (κ1) is 12.3. The molecule has 0 saturated carbocycles.